The molecule has 1 aromatic carbocycles. The first kappa shape index (κ1) is 18.9. The second-order valence-corrected chi connectivity index (χ2v) is 7.84. The Balaban J connectivity index is 1.66. The van der Waals surface area contributed by atoms with E-state index in [9.17, 15) is 14.3 Å². The molecule has 0 atom stereocenters. The maximum Gasteiger partial charge on any atom is 0.407 e. The first-order valence-corrected chi connectivity index (χ1v) is 9.67. The summed E-state index contributed by atoms with van der Waals surface area (Å²) < 4.78 is 25.8. The number of methoxy groups -OCH3 is 1. The van der Waals surface area contributed by atoms with Crippen LogP contribution in [0.2, 0.25) is 0 Å². The van der Waals surface area contributed by atoms with Gasteiger partial charge in [-0.2, -0.15) is 0 Å². The summed E-state index contributed by atoms with van der Waals surface area (Å²) in [7, 11) is 1.57. The molecule has 0 unspecified atom stereocenters. The van der Waals surface area contributed by atoms with Gasteiger partial charge in [-0.25, -0.2) is 9.18 Å². The van der Waals surface area contributed by atoms with Gasteiger partial charge in [0.1, 0.15) is 11.6 Å². The van der Waals surface area contributed by atoms with Crippen molar-refractivity contribution in [3.05, 3.63) is 35.3 Å². The lowest BCUT2D eigenvalue weighted by Gasteiger charge is -2.51. The summed E-state index contributed by atoms with van der Waals surface area (Å²) in [5.41, 5.74) is 1.58. The third kappa shape index (κ3) is 3.17. The van der Waals surface area contributed by atoms with Crippen LogP contribution in [0.5, 0.6) is 5.75 Å². The fourth-order valence-electron chi connectivity index (χ4n) is 4.67. The van der Waals surface area contributed by atoms with Crippen molar-refractivity contribution >= 4 is 17.0 Å². The molecule has 1 N–H and O–H groups in total. The van der Waals surface area contributed by atoms with Crippen molar-refractivity contribution in [2.75, 3.05) is 20.3 Å². The molecule has 3 aliphatic rings. The van der Waals surface area contributed by atoms with Crippen molar-refractivity contribution < 1.29 is 23.8 Å². The summed E-state index contributed by atoms with van der Waals surface area (Å²) in [6, 6.07) is 3.63. The minimum atomic E-state index is -0.975. The molecule has 2 aliphatic heterocycles. The van der Waals surface area contributed by atoms with Crippen LogP contribution in [-0.4, -0.2) is 53.0 Å². The summed E-state index contributed by atoms with van der Waals surface area (Å²) in [5, 5.41) is 10.5. The van der Waals surface area contributed by atoms with Crippen LogP contribution >= 0.6 is 0 Å². The minimum Gasteiger partial charge on any atom is -0.497 e. The number of ether oxygens (including phenoxy) is 2. The fourth-order valence-corrected chi connectivity index (χ4v) is 4.67. The molecule has 2 bridgehead atoms. The van der Waals surface area contributed by atoms with E-state index in [0.717, 1.165) is 31.2 Å². The number of rotatable bonds is 5. The van der Waals surface area contributed by atoms with E-state index in [4.69, 9.17) is 9.47 Å². The van der Waals surface area contributed by atoms with Crippen LogP contribution in [0.3, 0.4) is 0 Å². The standard InChI is InChI=1S/C21H25FN2O4/c1-13-9-15(27-2)10-17-16(18(22)11-23-19(13)17)5-8-24(20(25)26)21-6-3-14(4-7-21)28-12-21/h9-11,14H,3-8,12H2,1-2H3,(H,25,26). The number of benzene rings is 1. The molecule has 2 aromatic rings. The molecule has 150 valence electrons. The molecule has 1 aliphatic carbocycles. The van der Waals surface area contributed by atoms with Crippen LogP contribution in [0.25, 0.3) is 10.9 Å². The number of fused-ring (bicyclic) bond motifs is 4. The zero-order chi connectivity index (χ0) is 19.9. The van der Waals surface area contributed by atoms with E-state index in [0.29, 0.717) is 28.8 Å². The number of amides is 1. The normalized spacial score (nSPS) is 23.8. The average Bonchev–Trinajstić information content (AvgIpc) is 2.70. The highest BCUT2D eigenvalue weighted by Gasteiger charge is 2.47. The Hall–Kier alpha value is -2.41. The predicted molar refractivity (Wildman–Crippen MR) is 102 cm³/mol. The molecule has 1 aromatic heterocycles. The number of aryl methyl sites for hydroxylation is 1. The van der Waals surface area contributed by atoms with Gasteiger partial charge >= 0.3 is 6.09 Å². The van der Waals surface area contributed by atoms with E-state index in [-0.39, 0.29) is 19.1 Å². The second-order valence-electron chi connectivity index (χ2n) is 7.84. The van der Waals surface area contributed by atoms with Gasteiger partial charge in [-0.05, 0) is 56.7 Å². The molecule has 28 heavy (non-hydrogen) atoms. The van der Waals surface area contributed by atoms with Crippen molar-refractivity contribution in [1.29, 1.82) is 0 Å². The number of carboxylic acid groups (broad SMARTS) is 1. The maximum atomic E-state index is 14.7. The van der Waals surface area contributed by atoms with E-state index in [1.165, 1.54) is 11.1 Å². The molecule has 5 rings (SSSR count). The Morgan fingerprint density at radius 1 is 1.43 bits per heavy atom. The quantitative estimate of drug-likeness (QED) is 0.840. The zero-order valence-corrected chi connectivity index (χ0v) is 16.2. The third-order valence-electron chi connectivity index (χ3n) is 6.27. The van der Waals surface area contributed by atoms with Crippen LogP contribution in [0.15, 0.2) is 18.3 Å². The molecule has 3 heterocycles. The Labute approximate surface area is 163 Å². The molecule has 1 saturated carbocycles. The van der Waals surface area contributed by atoms with Crippen LogP contribution in [0.1, 0.15) is 36.8 Å². The molecular formula is C21H25FN2O4. The Morgan fingerprint density at radius 3 is 2.79 bits per heavy atom. The molecule has 1 amide bonds. The number of aromatic nitrogens is 1. The maximum absolute atomic E-state index is 14.7. The van der Waals surface area contributed by atoms with Crippen molar-refractivity contribution in [3.63, 3.8) is 0 Å². The lowest BCUT2D eigenvalue weighted by Crippen LogP contribution is -2.61. The Bertz CT molecular complexity index is 895. The van der Waals surface area contributed by atoms with Gasteiger partial charge in [-0.1, -0.05) is 0 Å². The van der Waals surface area contributed by atoms with Gasteiger partial charge in [0.25, 0.3) is 0 Å². The van der Waals surface area contributed by atoms with Crippen LogP contribution in [0, 0.1) is 12.7 Å². The Morgan fingerprint density at radius 2 is 2.18 bits per heavy atom. The van der Waals surface area contributed by atoms with E-state index in [1.807, 2.05) is 13.0 Å². The van der Waals surface area contributed by atoms with Gasteiger partial charge in [0.05, 0.1) is 37.1 Å². The van der Waals surface area contributed by atoms with Gasteiger partial charge in [-0.3, -0.25) is 4.98 Å². The Kier molecular flexibility index (Phi) is 4.87. The highest BCUT2D eigenvalue weighted by atomic mass is 19.1. The molecule has 0 radical (unpaired) electrons. The van der Waals surface area contributed by atoms with Gasteiger partial charge in [0.15, 0.2) is 0 Å². The first-order valence-electron chi connectivity index (χ1n) is 9.67. The lowest BCUT2D eigenvalue weighted by atomic mass is 9.77. The van der Waals surface area contributed by atoms with Crippen molar-refractivity contribution in [2.24, 2.45) is 0 Å². The molecule has 0 spiro atoms. The van der Waals surface area contributed by atoms with Gasteiger partial charge in [0, 0.05) is 17.5 Å². The average molecular weight is 388 g/mol. The van der Waals surface area contributed by atoms with Crippen molar-refractivity contribution in [2.45, 2.75) is 50.7 Å². The van der Waals surface area contributed by atoms with E-state index < -0.39 is 17.4 Å². The van der Waals surface area contributed by atoms with E-state index >= 15 is 0 Å². The predicted octanol–water partition coefficient (Wildman–Crippen LogP) is 3.93. The van der Waals surface area contributed by atoms with Gasteiger partial charge in [-0.15, -0.1) is 0 Å². The molecule has 2 saturated heterocycles. The molecule has 6 nitrogen and oxygen atoms in total. The second kappa shape index (κ2) is 7.20. The van der Waals surface area contributed by atoms with Crippen molar-refractivity contribution in [1.82, 2.24) is 9.88 Å². The topological polar surface area (TPSA) is 71.9 Å². The molecular weight excluding hydrogens is 363 g/mol. The summed E-state index contributed by atoms with van der Waals surface area (Å²) in [5.74, 6) is 0.206. The smallest absolute Gasteiger partial charge is 0.407 e. The first-order chi connectivity index (χ1) is 13.4. The van der Waals surface area contributed by atoms with Crippen LogP contribution < -0.4 is 4.74 Å². The summed E-state index contributed by atoms with van der Waals surface area (Å²) >= 11 is 0. The third-order valence-corrected chi connectivity index (χ3v) is 6.27. The number of hydrogen-bond acceptors (Lipinski definition) is 4. The lowest BCUT2D eigenvalue weighted by molar-refractivity contribution is -0.126. The monoisotopic (exact) mass is 388 g/mol. The fraction of sp³-hybridized carbons (Fsp3) is 0.524. The zero-order valence-electron chi connectivity index (χ0n) is 16.2. The summed E-state index contributed by atoms with van der Waals surface area (Å²) in [6.07, 6.45) is 4.14. The number of carbonyl (C=O) groups is 1. The molecule has 3 fully saturated rings. The van der Waals surface area contributed by atoms with Crippen LogP contribution in [0.4, 0.5) is 9.18 Å². The number of nitrogens with zero attached hydrogens (tertiary/aromatic N) is 2. The summed E-state index contributed by atoms with van der Waals surface area (Å²) in [6.45, 7) is 2.55. The molecule has 7 heteroatoms. The number of pyridine rings is 1. The highest BCUT2D eigenvalue weighted by Crippen LogP contribution is 2.41. The summed E-state index contributed by atoms with van der Waals surface area (Å²) in [4.78, 5) is 17.7. The minimum absolute atomic E-state index is 0.218. The highest BCUT2D eigenvalue weighted by molar-refractivity contribution is 5.86. The van der Waals surface area contributed by atoms with Gasteiger partial charge in [0.2, 0.25) is 0 Å². The van der Waals surface area contributed by atoms with E-state index in [2.05, 4.69) is 4.98 Å². The van der Waals surface area contributed by atoms with Gasteiger partial charge < -0.3 is 19.5 Å². The number of halogens is 1. The largest absolute Gasteiger partial charge is 0.497 e. The van der Waals surface area contributed by atoms with Crippen LogP contribution in [-0.2, 0) is 11.2 Å². The number of hydrogen-bond donors (Lipinski definition) is 1. The van der Waals surface area contributed by atoms with E-state index in [1.54, 1.807) is 13.2 Å². The SMILES string of the molecule is COc1cc(C)c2ncc(F)c(CCN(C(=O)O)C34CCC(CC3)OC4)c2c1. The van der Waals surface area contributed by atoms with Crippen molar-refractivity contribution in [3.8, 4) is 5.75 Å².